The smallest absolute Gasteiger partial charge is 0.253 e. The lowest BCUT2D eigenvalue weighted by atomic mass is 10.1. The zero-order valence-corrected chi connectivity index (χ0v) is 17.7. The number of thioether (sulfide) groups is 1. The van der Waals surface area contributed by atoms with E-state index >= 15 is 0 Å². The van der Waals surface area contributed by atoms with Gasteiger partial charge >= 0.3 is 0 Å². The van der Waals surface area contributed by atoms with E-state index in [1.165, 1.54) is 12.8 Å². The van der Waals surface area contributed by atoms with Crippen LogP contribution in [-0.2, 0) is 4.79 Å². The van der Waals surface area contributed by atoms with Gasteiger partial charge in [0.05, 0.1) is 5.56 Å². The number of hydrogen-bond donors (Lipinski definition) is 2. The van der Waals surface area contributed by atoms with Gasteiger partial charge in [0.25, 0.3) is 5.91 Å². The summed E-state index contributed by atoms with van der Waals surface area (Å²) in [4.78, 5) is 25.1. The van der Waals surface area contributed by atoms with Crippen LogP contribution < -0.4 is 10.6 Å². The monoisotopic (exact) mass is 428 g/mol. The molecule has 4 nitrogen and oxygen atoms in total. The predicted octanol–water partition coefficient (Wildman–Crippen LogP) is 4.39. The fraction of sp³-hybridized carbons (Fsp3) is 0.579. The Hall–Kier alpha value is -1.01. The minimum atomic E-state index is -0.513. The normalized spacial score (nSPS) is 13.1. The van der Waals surface area contributed by atoms with Crippen molar-refractivity contribution in [3.05, 3.63) is 34.3 Å². The number of nitrogens with one attached hydrogen (secondary N) is 2. The average molecular weight is 429 g/mol. The van der Waals surface area contributed by atoms with Crippen LogP contribution in [-0.4, -0.2) is 35.9 Å². The molecule has 0 spiro atoms. The molecule has 0 heterocycles. The minimum absolute atomic E-state index is 0.0987. The Kier molecular flexibility index (Phi) is 10.9. The van der Waals surface area contributed by atoms with Gasteiger partial charge in [0.2, 0.25) is 5.91 Å². The molecular weight excluding hydrogens is 400 g/mol. The molecule has 1 aromatic carbocycles. The van der Waals surface area contributed by atoms with Crippen LogP contribution >= 0.6 is 27.7 Å². The first-order valence-corrected chi connectivity index (χ1v) is 11.0. The Bertz CT molecular complexity index is 554. The fourth-order valence-electron chi connectivity index (χ4n) is 2.50. The Balaban J connectivity index is 2.67. The molecule has 0 aliphatic carbocycles. The van der Waals surface area contributed by atoms with Crippen molar-refractivity contribution < 1.29 is 9.59 Å². The lowest BCUT2D eigenvalue weighted by Crippen LogP contribution is -2.49. The molecule has 0 radical (unpaired) electrons. The summed E-state index contributed by atoms with van der Waals surface area (Å²) in [5.74, 6) is 0.490. The van der Waals surface area contributed by atoms with Gasteiger partial charge in [-0.2, -0.15) is 11.8 Å². The van der Waals surface area contributed by atoms with Crippen molar-refractivity contribution in [1.29, 1.82) is 0 Å². The molecule has 0 bridgehead atoms. The molecule has 0 aliphatic heterocycles. The van der Waals surface area contributed by atoms with E-state index in [-0.39, 0.29) is 17.9 Å². The van der Waals surface area contributed by atoms with E-state index in [9.17, 15) is 9.59 Å². The van der Waals surface area contributed by atoms with E-state index < -0.39 is 6.04 Å². The van der Waals surface area contributed by atoms with Gasteiger partial charge in [-0.15, -0.1) is 0 Å². The molecule has 2 atom stereocenters. The predicted molar refractivity (Wildman–Crippen MR) is 110 cm³/mol. The molecule has 2 unspecified atom stereocenters. The molecule has 140 valence electrons. The van der Waals surface area contributed by atoms with Crippen LogP contribution in [0.5, 0.6) is 0 Å². The number of amides is 2. The van der Waals surface area contributed by atoms with E-state index in [1.54, 1.807) is 17.8 Å². The Morgan fingerprint density at radius 3 is 2.52 bits per heavy atom. The summed E-state index contributed by atoms with van der Waals surface area (Å²) in [6.07, 6.45) is 7.03. The first-order chi connectivity index (χ1) is 12.0. The number of benzene rings is 1. The third-order valence-electron chi connectivity index (χ3n) is 3.98. The number of rotatable bonds is 11. The highest BCUT2D eigenvalue weighted by molar-refractivity contribution is 9.10. The summed E-state index contributed by atoms with van der Waals surface area (Å²) in [6.45, 7) is 4.19. The second kappa shape index (κ2) is 12.4. The Morgan fingerprint density at radius 1 is 1.16 bits per heavy atom. The summed E-state index contributed by atoms with van der Waals surface area (Å²) < 4.78 is 0.726. The summed E-state index contributed by atoms with van der Waals surface area (Å²) in [7, 11) is 0. The number of carbonyl (C=O) groups excluding carboxylic acids is 2. The number of unbranched alkanes of at least 4 members (excludes halogenated alkanes) is 2. The maximum Gasteiger partial charge on any atom is 0.253 e. The lowest BCUT2D eigenvalue weighted by molar-refractivity contribution is -0.123. The van der Waals surface area contributed by atoms with E-state index in [4.69, 9.17) is 0 Å². The van der Waals surface area contributed by atoms with Crippen LogP contribution in [0.25, 0.3) is 0 Å². The number of halogens is 1. The highest BCUT2D eigenvalue weighted by Crippen LogP contribution is 2.16. The van der Waals surface area contributed by atoms with Crippen molar-refractivity contribution >= 4 is 39.5 Å². The van der Waals surface area contributed by atoms with Crippen molar-refractivity contribution in [2.75, 3.05) is 12.0 Å². The quantitative estimate of drug-likeness (QED) is 0.513. The van der Waals surface area contributed by atoms with Crippen LogP contribution in [0.1, 0.15) is 56.3 Å². The largest absolute Gasteiger partial charge is 0.352 e. The van der Waals surface area contributed by atoms with Gasteiger partial charge in [-0.1, -0.05) is 38.3 Å². The molecule has 6 heteroatoms. The van der Waals surface area contributed by atoms with Crippen molar-refractivity contribution in [2.45, 2.75) is 58.0 Å². The van der Waals surface area contributed by atoms with Crippen LogP contribution in [0, 0.1) is 0 Å². The minimum Gasteiger partial charge on any atom is -0.352 e. The van der Waals surface area contributed by atoms with Crippen molar-refractivity contribution in [2.24, 2.45) is 0 Å². The van der Waals surface area contributed by atoms with E-state index in [0.29, 0.717) is 12.0 Å². The molecular formula is C19H29BrN2O2S. The zero-order chi connectivity index (χ0) is 18.7. The Labute approximate surface area is 164 Å². The molecule has 1 aromatic rings. The van der Waals surface area contributed by atoms with E-state index in [2.05, 4.69) is 33.5 Å². The molecule has 0 saturated carbocycles. The highest BCUT2D eigenvalue weighted by Gasteiger charge is 2.23. The Morgan fingerprint density at radius 2 is 1.88 bits per heavy atom. The van der Waals surface area contributed by atoms with Gasteiger partial charge in [0.15, 0.2) is 0 Å². The van der Waals surface area contributed by atoms with Gasteiger partial charge in [-0.25, -0.2) is 0 Å². The number of carbonyl (C=O) groups is 2. The van der Waals surface area contributed by atoms with E-state index in [0.717, 1.165) is 23.1 Å². The van der Waals surface area contributed by atoms with Gasteiger partial charge in [0.1, 0.15) is 6.04 Å². The summed E-state index contributed by atoms with van der Waals surface area (Å²) >= 11 is 5.06. The van der Waals surface area contributed by atoms with Gasteiger partial charge < -0.3 is 10.6 Å². The second-order valence-electron chi connectivity index (χ2n) is 6.19. The van der Waals surface area contributed by atoms with Crippen molar-refractivity contribution in [3.8, 4) is 0 Å². The lowest BCUT2D eigenvalue weighted by Gasteiger charge is -2.21. The van der Waals surface area contributed by atoms with E-state index in [1.807, 2.05) is 31.4 Å². The van der Waals surface area contributed by atoms with Gasteiger partial charge in [0, 0.05) is 10.5 Å². The average Bonchev–Trinajstić information content (AvgIpc) is 2.58. The van der Waals surface area contributed by atoms with Gasteiger partial charge in [-0.3, -0.25) is 9.59 Å². The molecule has 0 saturated heterocycles. The third-order valence-corrected chi connectivity index (χ3v) is 5.32. The maximum atomic E-state index is 12.6. The highest BCUT2D eigenvalue weighted by atomic mass is 79.9. The van der Waals surface area contributed by atoms with Crippen LogP contribution in [0.3, 0.4) is 0 Å². The van der Waals surface area contributed by atoms with Crippen LogP contribution in [0.15, 0.2) is 28.7 Å². The standard InChI is InChI=1S/C19H29BrN2O2S/c1-4-5-6-9-14(2)21-19(24)17(12-13-25-3)22-18(23)15-10-7-8-11-16(15)20/h7-8,10-11,14,17H,4-6,9,12-13H2,1-3H3,(H,21,24)(H,22,23). The zero-order valence-electron chi connectivity index (χ0n) is 15.3. The molecule has 2 N–H and O–H groups in total. The van der Waals surface area contributed by atoms with Crippen molar-refractivity contribution in [3.63, 3.8) is 0 Å². The molecule has 0 fully saturated rings. The molecule has 0 aliphatic rings. The summed E-state index contributed by atoms with van der Waals surface area (Å²) in [5, 5.41) is 5.93. The topological polar surface area (TPSA) is 58.2 Å². The molecule has 2 amide bonds. The second-order valence-corrected chi connectivity index (χ2v) is 8.03. The SMILES string of the molecule is CCCCCC(C)NC(=O)C(CCSC)NC(=O)c1ccccc1Br. The first kappa shape index (κ1) is 22.0. The van der Waals surface area contributed by atoms with Gasteiger partial charge in [-0.05, 0) is 59.8 Å². The maximum absolute atomic E-state index is 12.6. The van der Waals surface area contributed by atoms with Crippen LogP contribution in [0.2, 0.25) is 0 Å². The first-order valence-electron chi connectivity index (χ1n) is 8.84. The summed E-state index contributed by atoms with van der Waals surface area (Å²) in [5.41, 5.74) is 0.542. The summed E-state index contributed by atoms with van der Waals surface area (Å²) in [6, 6.07) is 6.85. The third kappa shape index (κ3) is 8.27. The molecule has 0 aromatic heterocycles. The molecule has 1 rings (SSSR count). The molecule has 25 heavy (non-hydrogen) atoms. The van der Waals surface area contributed by atoms with Crippen molar-refractivity contribution in [1.82, 2.24) is 10.6 Å². The van der Waals surface area contributed by atoms with Crippen LogP contribution in [0.4, 0.5) is 0 Å². The fourth-order valence-corrected chi connectivity index (χ4v) is 3.44. The number of hydrogen-bond acceptors (Lipinski definition) is 3.